The van der Waals surface area contributed by atoms with Crippen LogP contribution in [-0.4, -0.2) is 35.7 Å². The number of fused-ring (bicyclic) bond motifs is 1. The van der Waals surface area contributed by atoms with Gasteiger partial charge in [-0.1, -0.05) is 62.0 Å². The van der Waals surface area contributed by atoms with Crippen LogP contribution in [0.15, 0.2) is 72.8 Å². The molecule has 1 atom stereocenters. The molecule has 3 aromatic rings. The summed E-state index contributed by atoms with van der Waals surface area (Å²) in [5, 5.41) is 16.9. The zero-order valence-corrected chi connectivity index (χ0v) is 18.4. The number of nitrogens with one attached hydrogen (secondary N) is 1. The SMILES string of the molecule is C.N=C(N)c1ccc(COc2ccc3c(c2)CCN(C(CC(=O)O)c2ccccc2)C3=O)cc1.[3H]F. The first-order valence-electron chi connectivity index (χ1n) is 11.1. The van der Waals surface area contributed by atoms with Crippen molar-refractivity contribution in [1.29, 1.82) is 6.86 Å². The van der Waals surface area contributed by atoms with Crippen LogP contribution >= 0.6 is 0 Å². The molecule has 8 heteroatoms. The van der Waals surface area contributed by atoms with Crippen molar-refractivity contribution < 1.29 is 24.1 Å². The summed E-state index contributed by atoms with van der Waals surface area (Å²) in [6, 6.07) is 21.4. The summed E-state index contributed by atoms with van der Waals surface area (Å²) in [7, 11) is 0. The minimum Gasteiger partial charge on any atom is -0.489 e. The number of ether oxygens (including phenoxy) is 1. The predicted octanol–water partition coefficient (Wildman–Crippen LogP) is 4.55. The van der Waals surface area contributed by atoms with Crippen molar-refractivity contribution in [2.75, 3.05) is 6.54 Å². The number of aliphatic carboxylic acids is 1. The lowest BCUT2D eigenvalue weighted by atomic mass is 9.94. The molecule has 0 fully saturated rings. The van der Waals surface area contributed by atoms with Gasteiger partial charge in [-0.3, -0.25) is 19.7 Å². The highest BCUT2D eigenvalue weighted by Crippen LogP contribution is 2.32. The van der Waals surface area contributed by atoms with Crippen LogP contribution in [0, 0.1) is 5.41 Å². The lowest BCUT2D eigenvalue weighted by molar-refractivity contribution is -0.138. The molecule has 0 spiro atoms. The molecule has 0 radical (unpaired) electrons. The lowest BCUT2D eigenvalue weighted by Crippen LogP contribution is -2.41. The van der Waals surface area contributed by atoms with E-state index in [1.807, 2.05) is 48.5 Å². The van der Waals surface area contributed by atoms with E-state index < -0.39 is 12.0 Å². The first kappa shape index (κ1) is 25.4. The summed E-state index contributed by atoms with van der Waals surface area (Å²) in [4.78, 5) is 26.4. The Hall–Kier alpha value is -4.20. The van der Waals surface area contributed by atoms with Gasteiger partial charge in [-0.2, -0.15) is 0 Å². The predicted molar refractivity (Wildman–Crippen MR) is 134 cm³/mol. The Labute approximate surface area is 205 Å². The van der Waals surface area contributed by atoms with Crippen LogP contribution in [0.25, 0.3) is 0 Å². The van der Waals surface area contributed by atoms with Crippen LogP contribution in [0.4, 0.5) is 4.72 Å². The molecule has 1 unspecified atom stereocenters. The van der Waals surface area contributed by atoms with Crippen LogP contribution in [-0.2, 0) is 17.8 Å². The van der Waals surface area contributed by atoms with E-state index in [4.69, 9.17) is 20.6 Å². The number of hydrogen-bond donors (Lipinski definition) is 3. The molecule has 4 N–H and O–H groups in total. The third kappa shape index (κ3) is 6.23. The van der Waals surface area contributed by atoms with E-state index in [0.29, 0.717) is 36.4 Å². The average molecular weight is 482 g/mol. The fraction of sp³-hybridized carbons (Fsp3) is 0.222. The molecule has 1 aliphatic heterocycles. The summed E-state index contributed by atoms with van der Waals surface area (Å²) in [6.07, 6.45) is 0.475. The number of amidine groups is 1. The molecule has 0 saturated carbocycles. The number of amides is 1. The number of rotatable bonds is 8. The molecular weight excluding hydrogens is 449 g/mol. The van der Waals surface area contributed by atoms with E-state index >= 15 is 0 Å². The van der Waals surface area contributed by atoms with Crippen molar-refractivity contribution in [2.45, 2.75) is 32.9 Å². The Bertz CT molecular complexity index is 1190. The van der Waals surface area contributed by atoms with Gasteiger partial charge in [0, 0.05) is 17.7 Å². The molecule has 1 aliphatic rings. The highest BCUT2D eigenvalue weighted by atomic mass is 19.0. The van der Waals surface area contributed by atoms with Gasteiger partial charge in [0.2, 0.25) is 0 Å². The zero-order chi connectivity index (χ0) is 25.4. The fourth-order valence-corrected chi connectivity index (χ4v) is 4.07. The minimum atomic E-state index is -0.942. The van der Waals surface area contributed by atoms with Gasteiger partial charge < -0.3 is 20.5 Å². The number of halogens is 1. The molecule has 4 rings (SSSR count). The highest BCUT2D eigenvalue weighted by molar-refractivity contribution is 5.97. The quantitative estimate of drug-likeness (QED) is 0.322. The van der Waals surface area contributed by atoms with E-state index in [9.17, 15) is 14.7 Å². The van der Waals surface area contributed by atoms with E-state index in [2.05, 4.69) is 1.45 Å². The van der Waals surface area contributed by atoms with Crippen molar-refractivity contribution in [2.24, 2.45) is 5.73 Å². The molecule has 35 heavy (non-hydrogen) atoms. The summed E-state index contributed by atoms with van der Waals surface area (Å²) >= 11 is 0. The molecule has 0 saturated heterocycles. The largest absolute Gasteiger partial charge is 0.489 e. The number of carbonyl (C=O) groups is 2. The zero-order valence-electron chi connectivity index (χ0n) is 19.4. The first-order valence-corrected chi connectivity index (χ1v) is 10.7. The van der Waals surface area contributed by atoms with Gasteiger partial charge in [0.1, 0.15) is 18.2 Å². The maximum Gasteiger partial charge on any atom is 0.305 e. The number of carbonyl (C=O) groups excluding carboxylic acids is 1. The van der Waals surface area contributed by atoms with E-state index in [1.165, 1.54) is 0 Å². The number of nitrogens with two attached hydrogens (primary N) is 1. The number of carboxylic acid groups (broad SMARTS) is 1. The maximum atomic E-state index is 13.3. The van der Waals surface area contributed by atoms with Crippen molar-refractivity contribution in [3.63, 3.8) is 0 Å². The standard InChI is InChI=1S/C26H25N3O4.CH4.FH/c27-25(28)19-8-6-17(7-9-19)16-33-21-10-11-22-20(14-21)12-13-29(26(22)32)23(15-24(30)31)18-4-2-1-3-5-18;;/h1-11,14,23H,12-13,15-16H2,(H3,27,28)(H,30,31);1H4;1H/i/hT. The average Bonchev–Trinajstić information content (AvgIpc) is 2.88. The van der Waals surface area contributed by atoms with Gasteiger partial charge in [-0.15, -0.1) is 0 Å². The van der Waals surface area contributed by atoms with Gasteiger partial charge in [0.05, 0.1) is 12.5 Å². The van der Waals surface area contributed by atoms with Crippen molar-refractivity contribution in [3.05, 3.63) is 101 Å². The summed E-state index contributed by atoms with van der Waals surface area (Å²) in [5.41, 5.74) is 9.36. The summed E-state index contributed by atoms with van der Waals surface area (Å²) in [6.45, 7) is 0.792. The molecule has 184 valence electrons. The Morgan fingerprint density at radius 2 is 1.83 bits per heavy atom. The lowest BCUT2D eigenvalue weighted by Gasteiger charge is -2.35. The number of nitrogen functional groups attached to an aromatic ring is 1. The van der Waals surface area contributed by atoms with Crippen LogP contribution in [0.3, 0.4) is 0 Å². The van der Waals surface area contributed by atoms with Crippen molar-refractivity contribution >= 4 is 17.7 Å². The number of benzene rings is 3. The Balaban J connectivity index is 0.00000148. The van der Waals surface area contributed by atoms with Crippen LogP contribution in [0.2, 0.25) is 0 Å². The number of hydrogen-bond acceptors (Lipinski definition) is 4. The second kappa shape index (κ2) is 11.8. The van der Waals surface area contributed by atoms with Gasteiger partial charge in [0.25, 0.3) is 7.36 Å². The van der Waals surface area contributed by atoms with Crippen LogP contribution < -0.4 is 10.5 Å². The van der Waals surface area contributed by atoms with Gasteiger partial charge in [-0.25, -0.2) is 0 Å². The van der Waals surface area contributed by atoms with Crippen molar-refractivity contribution in [3.8, 4) is 5.75 Å². The molecule has 1 heterocycles. The molecule has 1 amide bonds. The number of carboxylic acids is 1. The molecular formula is C27H30FN3O4. The monoisotopic (exact) mass is 481 g/mol. The third-order valence-electron chi connectivity index (χ3n) is 5.79. The van der Waals surface area contributed by atoms with Gasteiger partial charge in [-0.05, 0) is 41.3 Å². The Kier molecular flexibility index (Phi) is 8.56. The smallest absolute Gasteiger partial charge is 0.305 e. The van der Waals surface area contributed by atoms with Crippen molar-refractivity contribution in [1.82, 2.24) is 4.90 Å². The van der Waals surface area contributed by atoms with Crippen LogP contribution in [0.5, 0.6) is 5.75 Å². The van der Waals surface area contributed by atoms with E-state index in [1.54, 1.807) is 29.2 Å². The van der Waals surface area contributed by atoms with E-state index in [0.717, 1.165) is 16.7 Å². The Morgan fingerprint density at radius 3 is 2.46 bits per heavy atom. The fourth-order valence-electron chi connectivity index (χ4n) is 4.07. The van der Waals surface area contributed by atoms with Gasteiger partial charge in [0.15, 0.2) is 0 Å². The second-order valence-electron chi connectivity index (χ2n) is 7.99. The first-order chi connectivity index (χ1) is 16.9. The van der Waals surface area contributed by atoms with Gasteiger partial charge >= 0.3 is 5.97 Å². The van der Waals surface area contributed by atoms with Crippen LogP contribution in [0.1, 0.15) is 52.5 Å². The highest BCUT2D eigenvalue weighted by Gasteiger charge is 2.32. The minimum absolute atomic E-state index is 0. The molecule has 0 bridgehead atoms. The maximum absolute atomic E-state index is 13.3. The third-order valence-corrected chi connectivity index (χ3v) is 5.79. The summed E-state index contributed by atoms with van der Waals surface area (Å²) in [5.74, 6) is -0.426. The number of nitrogens with zero attached hydrogens (tertiary/aromatic N) is 1. The molecule has 3 aromatic carbocycles. The summed E-state index contributed by atoms with van der Waals surface area (Å²) < 4.78 is 18.9. The molecule has 7 nitrogen and oxygen atoms in total. The topological polar surface area (TPSA) is 117 Å². The van der Waals surface area contributed by atoms with E-state index in [-0.39, 0.29) is 25.6 Å². The molecule has 0 aromatic heterocycles. The molecule has 0 aliphatic carbocycles. The second-order valence-corrected chi connectivity index (χ2v) is 7.99. The Morgan fingerprint density at radius 1 is 1.14 bits per heavy atom. The normalized spacial score (nSPS) is 13.2.